The lowest BCUT2D eigenvalue weighted by Crippen LogP contribution is -2.25. The Hall–Kier alpha value is -2.56. The molecule has 0 unspecified atom stereocenters. The van der Waals surface area contributed by atoms with Gasteiger partial charge in [-0.25, -0.2) is 9.78 Å². The summed E-state index contributed by atoms with van der Waals surface area (Å²) in [5.74, 6) is -1.22. The van der Waals surface area contributed by atoms with Crippen LogP contribution in [-0.2, 0) is 17.1 Å². The van der Waals surface area contributed by atoms with Crippen molar-refractivity contribution in [3.63, 3.8) is 0 Å². The summed E-state index contributed by atoms with van der Waals surface area (Å²) < 4.78 is 83.2. The van der Waals surface area contributed by atoms with Crippen molar-refractivity contribution >= 4 is 17.6 Å². The highest BCUT2D eigenvalue weighted by Crippen LogP contribution is 2.33. The zero-order valence-corrected chi connectivity index (χ0v) is 14.9. The van der Waals surface area contributed by atoms with Crippen LogP contribution in [0.15, 0.2) is 29.3 Å². The molecule has 0 fully saturated rings. The van der Waals surface area contributed by atoms with E-state index in [1.54, 1.807) is 0 Å². The predicted molar refractivity (Wildman–Crippen MR) is 85.4 cm³/mol. The number of pyridine rings is 2. The zero-order valence-electron chi connectivity index (χ0n) is 14.2. The molecule has 0 amide bonds. The molecule has 5 nitrogen and oxygen atoms in total. The number of carbonyl (C=O) groups excluding carboxylic acids is 1. The molecule has 2 aromatic rings. The Labute approximate surface area is 158 Å². The van der Waals surface area contributed by atoms with Gasteiger partial charge in [-0.2, -0.15) is 26.3 Å². The second-order valence-electron chi connectivity index (χ2n) is 5.79. The minimum atomic E-state index is -4.95. The fourth-order valence-corrected chi connectivity index (χ4v) is 2.31. The quantitative estimate of drug-likeness (QED) is 0.534. The van der Waals surface area contributed by atoms with Crippen LogP contribution in [0.3, 0.4) is 0 Å². The predicted octanol–water partition coefficient (Wildman–Crippen LogP) is 4.49. The summed E-state index contributed by atoms with van der Waals surface area (Å²) in [4.78, 5) is 27.7. The Bertz CT molecular complexity index is 966. The van der Waals surface area contributed by atoms with E-state index in [1.165, 1.54) is 13.8 Å². The highest BCUT2D eigenvalue weighted by atomic mass is 35.5. The normalized spacial score (nSPS) is 12.4. The van der Waals surface area contributed by atoms with E-state index in [1.807, 2.05) is 0 Å². The Kier molecular flexibility index (Phi) is 5.79. The molecule has 152 valence electrons. The third kappa shape index (κ3) is 4.64. The van der Waals surface area contributed by atoms with Gasteiger partial charge in [0.15, 0.2) is 5.69 Å². The van der Waals surface area contributed by atoms with Gasteiger partial charge in [0.1, 0.15) is 5.02 Å². The van der Waals surface area contributed by atoms with Crippen molar-refractivity contribution in [1.82, 2.24) is 9.55 Å². The first-order chi connectivity index (χ1) is 12.7. The maximum Gasteiger partial charge on any atom is 0.417 e. The van der Waals surface area contributed by atoms with Crippen molar-refractivity contribution in [3.8, 4) is 5.69 Å². The highest BCUT2D eigenvalue weighted by Gasteiger charge is 2.35. The molecule has 0 radical (unpaired) electrons. The summed E-state index contributed by atoms with van der Waals surface area (Å²) in [6.45, 7) is 2.88. The van der Waals surface area contributed by atoms with Gasteiger partial charge in [-0.1, -0.05) is 11.6 Å². The number of alkyl halides is 6. The van der Waals surface area contributed by atoms with Crippen molar-refractivity contribution in [2.75, 3.05) is 0 Å². The number of hydrogen-bond acceptors (Lipinski definition) is 4. The van der Waals surface area contributed by atoms with E-state index in [0.717, 1.165) is 0 Å². The van der Waals surface area contributed by atoms with Gasteiger partial charge in [-0.15, -0.1) is 0 Å². The fourth-order valence-electron chi connectivity index (χ4n) is 2.10. The van der Waals surface area contributed by atoms with Crippen molar-refractivity contribution in [2.45, 2.75) is 32.3 Å². The van der Waals surface area contributed by atoms with Crippen molar-refractivity contribution in [2.24, 2.45) is 0 Å². The number of rotatable bonds is 3. The summed E-state index contributed by atoms with van der Waals surface area (Å²) in [5, 5.41) is -0.907. The summed E-state index contributed by atoms with van der Waals surface area (Å²) >= 11 is 5.53. The van der Waals surface area contributed by atoms with Crippen molar-refractivity contribution in [1.29, 1.82) is 0 Å². The molecule has 0 N–H and O–H groups in total. The smallest absolute Gasteiger partial charge is 0.417 e. The second kappa shape index (κ2) is 7.46. The van der Waals surface area contributed by atoms with Gasteiger partial charge >= 0.3 is 18.3 Å². The zero-order chi connectivity index (χ0) is 21.4. The maximum absolute atomic E-state index is 13.0. The number of hydrogen-bond donors (Lipinski definition) is 0. The third-order valence-electron chi connectivity index (χ3n) is 3.29. The Morgan fingerprint density at radius 1 is 1.11 bits per heavy atom. The molecule has 0 atom stereocenters. The van der Waals surface area contributed by atoms with E-state index in [4.69, 9.17) is 16.3 Å². The fraction of sp³-hybridized carbons (Fsp3) is 0.312. The summed E-state index contributed by atoms with van der Waals surface area (Å²) in [6, 6.07) is 0.648. The Balaban J connectivity index is 2.83. The molecular weight excluding hydrogens is 418 g/mol. The molecule has 0 aromatic carbocycles. The van der Waals surface area contributed by atoms with Crippen molar-refractivity contribution in [3.05, 3.63) is 56.7 Å². The van der Waals surface area contributed by atoms with E-state index in [9.17, 15) is 35.9 Å². The minimum Gasteiger partial charge on any atom is -0.458 e. The molecule has 0 saturated carbocycles. The first-order valence-electron chi connectivity index (χ1n) is 7.49. The van der Waals surface area contributed by atoms with Crippen LogP contribution in [0, 0.1) is 0 Å². The molecule has 0 saturated heterocycles. The monoisotopic (exact) mass is 428 g/mol. The van der Waals surface area contributed by atoms with Gasteiger partial charge in [-0.3, -0.25) is 9.36 Å². The molecule has 0 aliphatic carbocycles. The van der Waals surface area contributed by atoms with Gasteiger partial charge in [0.05, 0.1) is 22.9 Å². The van der Waals surface area contributed by atoms with E-state index in [2.05, 4.69) is 4.98 Å². The van der Waals surface area contributed by atoms with E-state index >= 15 is 0 Å². The SMILES string of the molecule is CC(C)OC(=O)c1ncc(C(F)(F)F)cc1-n1cc(C(F)(F)F)cc(Cl)c1=O. The number of halogens is 7. The lowest BCUT2D eigenvalue weighted by Gasteiger charge is -2.16. The summed E-state index contributed by atoms with van der Waals surface area (Å²) in [6.07, 6.45) is -10.0. The van der Waals surface area contributed by atoms with Crippen molar-refractivity contribution < 1.29 is 35.9 Å². The average Bonchev–Trinajstić information content (AvgIpc) is 2.54. The minimum absolute atomic E-state index is 0.185. The standard InChI is InChI=1S/C16H11ClF6N2O3/c1-7(2)28-14(27)12-11(4-8(5-24-12)15(18,19)20)25-6-9(16(21,22)23)3-10(17)13(25)26/h3-7H,1-2H3. The highest BCUT2D eigenvalue weighted by molar-refractivity contribution is 6.30. The number of ether oxygens (including phenoxy) is 1. The second-order valence-corrected chi connectivity index (χ2v) is 6.20. The maximum atomic E-state index is 13.0. The molecule has 0 aliphatic rings. The molecular formula is C16H11ClF6N2O3. The molecule has 2 aromatic heterocycles. The average molecular weight is 429 g/mol. The molecule has 0 aliphatic heterocycles. The van der Waals surface area contributed by atoms with Crippen LogP contribution >= 0.6 is 11.6 Å². The van der Waals surface area contributed by atoms with Crippen LogP contribution < -0.4 is 5.56 Å². The van der Waals surface area contributed by atoms with E-state index < -0.39 is 57.5 Å². The molecule has 2 rings (SSSR count). The molecule has 28 heavy (non-hydrogen) atoms. The number of nitrogens with zero attached hydrogens (tertiary/aromatic N) is 2. The van der Waals surface area contributed by atoms with Crippen LogP contribution in [0.25, 0.3) is 5.69 Å². The van der Waals surface area contributed by atoms with E-state index in [0.29, 0.717) is 18.3 Å². The van der Waals surface area contributed by atoms with Gasteiger partial charge in [0, 0.05) is 12.4 Å². The lowest BCUT2D eigenvalue weighted by molar-refractivity contribution is -0.139. The van der Waals surface area contributed by atoms with Crippen LogP contribution in [0.2, 0.25) is 5.02 Å². The summed E-state index contributed by atoms with van der Waals surface area (Å²) in [5.41, 5.74) is -5.69. The molecule has 12 heteroatoms. The van der Waals surface area contributed by atoms with Crippen LogP contribution in [0.4, 0.5) is 26.3 Å². The molecule has 2 heterocycles. The van der Waals surface area contributed by atoms with Gasteiger partial charge in [-0.05, 0) is 26.0 Å². The van der Waals surface area contributed by atoms with Crippen LogP contribution in [-0.4, -0.2) is 21.6 Å². The Morgan fingerprint density at radius 2 is 1.68 bits per heavy atom. The number of aromatic nitrogens is 2. The first-order valence-corrected chi connectivity index (χ1v) is 7.87. The summed E-state index contributed by atoms with van der Waals surface area (Å²) in [7, 11) is 0. The third-order valence-corrected chi connectivity index (χ3v) is 3.56. The van der Waals surface area contributed by atoms with Crippen LogP contribution in [0.5, 0.6) is 0 Å². The largest absolute Gasteiger partial charge is 0.458 e. The topological polar surface area (TPSA) is 61.2 Å². The Morgan fingerprint density at radius 3 is 2.18 bits per heavy atom. The number of esters is 1. The first kappa shape index (κ1) is 21.7. The molecule has 0 bridgehead atoms. The van der Waals surface area contributed by atoms with Gasteiger partial charge < -0.3 is 4.74 Å². The van der Waals surface area contributed by atoms with Gasteiger partial charge in [0.25, 0.3) is 5.56 Å². The van der Waals surface area contributed by atoms with E-state index in [-0.39, 0.29) is 10.8 Å². The van der Waals surface area contributed by atoms with Crippen LogP contribution in [0.1, 0.15) is 35.5 Å². The number of carbonyl (C=O) groups is 1. The van der Waals surface area contributed by atoms with Gasteiger partial charge in [0.2, 0.25) is 0 Å². The lowest BCUT2D eigenvalue weighted by atomic mass is 10.2. The molecule has 0 spiro atoms.